The number of carbonyl (C=O) groups is 1. The Morgan fingerprint density at radius 3 is 3.09 bits per heavy atom. The quantitative estimate of drug-likeness (QED) is 0.754. The fraction of sp³-hybridized carbons (Fsp3) is 0.462. The smallest absolute Gasteiger partial charge is 0.424 e. The number of nitrogen functional groups attached to an aromatic ring is 1. The fourth-order valence-electron chi connectivity index (χ4n) is 3.15. The van der Waals surface area contributed by atoms with Gasteiger partial charge < -0.3 is 29.6 Å². The number of hydrogen-bond donors (Lipinski definition) is 2. The van der Waals surface area contributed by atoms with Crippen molar-refractivity contribution in [3.8, 4) is 0 Å². The maximum Gasteiger partial charge on any atom is 0.509 e. The van der Waals surface area contributed by atoms with Crippen molar-refractivity contribution < 1.29 is 24.1 Å². The van der Waals surface area contributed by atoms with Crippen molar-refractivity contribution in [1.29, 1.82) is 0 Å². The molecule has 9 heteroatoms. The first-order valence-electron chi connectivity index (χ1n) is 6.77. The highest BCUT2D eigenvalue weighted by Gasteiger charge is 2.64. The molecular weight excluding hydrogens is 292 g/mol. The van der Waals surface area contributed by atoms with Crippen LogP contribution in [0.3, 0.4) is 0 Å². The molecule has 0 saturated carbocycles. The second-order valence-corrected chi connectivity index (χ2v) is 5.50. The van der Waals surface area contributed by atoms with Crippen LogP contribution in [0.4, 0.5) is 10.6 Å². The van der Waals surface area contributed by atoms with Crippen LogP contribution in [0.15, 0.2) is 18.6 Å². The molecule has 3 N–H and O–H groups in total. The van der Waals surface area contributed by atoms with Gasteiger partial charge in [-0.3, -0.25) is 0 Å². The van der Waals surface area contributed by atoms with Crippen LogP contribution in [0, 0.1) is 0 Å². The number of aliphatic hydroxyl groups is 1. The summed E-state index contributed by atoms with van der Waals surface area (Å²) in [6, 6.07) is 1.76. The molecule has 22 heavy (non-hydrogen) atoms. The summed E-state index contributed by atoms with van der Waals surface area (Å²) in [6.07, 6.45) is 0.264. The van der Waals surface area contributed by atoms with Crippen LogP contribution < -0.4 is 5.73 Å². The number of anilines is 1. The lowest BCUT2D eigenvalue weighted by atomic mass is 9.96. The summed E-state index contributed by atoms with van der Waals surface area (Å²) in [4.78, 5) is 19.7. The molecule has 0 bridgehead atoms. The molecule has 0 amide bonds. The minimum Gasteiger partial charge on any atom is -0.424 e. The largest absolute Gasteiger partial charge is 0.509 e. The molecule has 4 atom stereocenters. The maximum absolute atomic E-state index is 11.5. The highest BCUT2D eigenvalue weighted by Crippen LogP contribution is 2.47. The molecule has 0 radical (unpaired) electrons. The highest BCUT2D eigenvalue weighted by atomic mass is 16.8. The molecule has 2 aliphatic rings. The molecule has 2 saturated heterocycles. The van der Waals surface area contributed by atoms with Crippen LogP contribution >= 0.6 is 0 Å². The summed E-state index contributed by atoms with van der Waals surface area (Å²) in [6.45, 7) is 1.42. The predicted octanol–water partition coefficient (Wildman–Crippen LogP) is 0.197. The molecule has 0 unspecified atom stereocenters. The summed E-state index contributed by atoms with van der Waals surface area (Å²) < 4.78 is 18.0. The van der Waals surface area contributed by atoms with Crippen molar-refractivity contribution in [3.05, 3.63) is 18.6 Å². The zero-order valence-electron chi connectivity index (χ0n) is 11.7. The van der Waals surface area contributed by atoms with Gasteiger partial charge in [-0.2, -0.15) is 0 Å². The van der Waals surface area contributed by atoms with Crippen LogP contribution in [0.25, 0.3) is 11.0 Å². The average Bonchev–Trinajstić information content (AvgIpc) is 3.09. The molecular formula is C13H14N4O5. The Morgan fingerprint density at radius 2 is 2.32 bits per heavy atom. The lowest BCUT2D eigenvalue weighted by molar-refractivity contribution is -0.0905. The van der Waals surface area contributed by atoms with E-state index in [1.165, 1.54) is 6.33 Å². The first-order valence-corrected chi connectivity index (χ1v) is 6.77. The van der Waals surface area contributed by atoms with E-state index in [2.05, 4.69) is 9.97 Å². The lowest BCUT2D eigenvalue weighted by Gasteiger charge is -2.26. The number of aromatic nitrogens is 3. The molecule has 4 rings (SSSR count). The van der Waals surface area contributed by atoms with E-state index >= 15 is 0 Å². The third kappa shape index (κ3) is 1.57. The van der Waals surface area contributed by atoms with Gasteiger partial charge in [0, 0.05) is 6.20 Å². The van der Waals surface area contributed by atoms with Crippen molar-refractivity contribution in [2.24, 2.45) is 0 Å². The number of fused-ring (bicyclic) bond motifs is 2. The standard InChI is InChI=1S/C13H14N4O5/c1-13-8(21-12(19)22-13)7(4-18)20-11(13)17-3-2-6-9(14)15-5-16-10(6)17/h2-3,5,7-8,11,18H,4H2,1H3,(H2,14,15,16)/t7-,8-,11-,13-/m1/s1. The van der Waals surface area contributed by atoms with Crippen molar-refractivity contribution in [1.82, 2.24) is 14.5 Å². The number of ether oxygens (including phenoxy) is 3. The van der Waals surface area contributed by atoms with Crippen molar-refractivity contribution in [2.75, 3.05) is 12.3 Å². The number of carbonyl (C=O) groups excluding carboxylic acids is 1. The minimum atomic E-state index is -1.06. The summed E-state index contributed by atoms with van der Waals surface area (Å²) in [5.74, 6) is 0.349. The molecule has 2 aromatic rings. The van der Waals surface area contributed by atoms with Gasteiger partial charge in [0.1, 0.15) is 23.9 Å². The van der Waals surface area contributed by atoms with E-state index in [4.69, 9.17) is 19.9 Å². The summed E-state index contributed by atoms with van der Waals surface area (Å²) in [7, 11) is 0. The van der Waals surface area contributed by atoms with Crippen LogP contribution in [-0.4, -0.2) is 50.2 Å². The van der Waals surface area contributed by atoms with Gasteiger partial charge in [0.2, 0.25) is 0 Å². The number of aliphatic hydroxyl groups excluding tert-OH is 1. The van der Waals surface area contributed by atoms with Gasteiger partial charge in [-0.25, -0.2) is 14.8 Å². The molecule has 0 aliphatic carbocycles. The van der Waals surface area contributed by atoms with E-state index in [1.54, 1.807) is 23.8 Å². The van der Waals surface area contributed by atoms with Gasteiger partial charge in [0.05, 0.1) is 12.0 Å². The summed E-state index contributed by atoms with van der Waals surface area (Å²) in [5.41, 5.74) is 5.32. The summed E-state index contributed by atoms with van der Waals surface area (Å²) in [5, 5.41) is 10.1. The highest BCUT2D eigenvalue weighted by molar-refractivity contribution is 5.86. The molecule has 4 heterocycles. The predicted molar refractivity (Wildman–Crippen MR) is 72.7 cm³/mol. The number of nitrogens with zero attached hydrogens (tertiary/aromatic N) is 3. The Hall–Kier alpha value is -2.39. The molecule has 2 aliphatic heterocycles. The Balaban J connectivity index is 1.84. The zero-order chi connectivity index (χ0) is 15.5. The number of hydrogen-bond acceptors (Lipinski definition) is 8. The third-order valence-corrected chi connectivity index (χ3v) is 4.20. The average molecular weight is 306 g/mol. The van der Waals surface area contributed by atoms with Crippen LogP contribution in [0.5, 0.6) is 0 Å². The molecule has 2 aromatic heterocycles. The zero-order valence-corrected chi connectivity index (χ0v) is 11.7. The van der Waals surface area contributed by atoms with Crippen molar-refractivity contribution in [3.63, 3.8) is 0 Å². The molecule has 0 aromatic carbocycles. The molecule has 116 valence electrons. The second-order valence-electron chi connectivity index (χ2n) is 5.50. The van der Waals surface area contributed by atoms with Gasteiger partial charge in [0.15, 0.2) is 17.9 Å². The van der Waals surface area contributed by atoms with Crippen LogP contribution in [-0.2, 0) is 14.2 Å². The monoisotopic (exact) mass is 306 g/mol. The Kier molecular flexibility index (Phi) is 2.60. The maximum atomic E-state index is 11.5. The second kappa shape index (κ2) is 4.31. The van der Waals surface area contributed by atoms with E-state index in [-0.39, 0.29) is 6.61 Å². The normalized spacial score (nSPS) is 33.7. The molecule has 0 spiro atoms. The Bertz CT molecular complexity index is 762. The van der Waals surface area contributed by atoms with E-state index in [0.29, 0.717) is 16.9 Å². The van der Waals surface area contributed by atoms with Gasteiger partial charge in [0.25, 0.3) is 0 Å². The topological polar surface area (TPSA) is 122 Å². The van der Waals surface area contributed by atoms with Crippen LogP contribution in [0.1, 0.15) is 13.2 Å². The van der Waals surface area contributed by atoms with Gasteiger partial charge in [-0.1, -0.05) is 0 Å². The third-order valence-electron chi connectivity index (χ3n) is 4.20. The lowest BCUT2D eigenvalue weighted by Crippen LogP contribution is -2.41. The summed E-state index contributed by atoms with van der Waals surface area (Å²) >= 11 is 0. The number of rotatable bonds is 2. The Morgan fingerprint density at radius 1 is 1.50 bits per heavy atom. The van der Waals surface area contributed by atoms with Gasteiger partial charge in [-0.15, -0.1) is 0 Å². The first kappa shape index (κ1) is 13.3. The fourth-order valence-corrected chi connectivity index (χ4v) is 3.15. The minimum absolute atomic E-state index is 0.288. The number of nitrogens with two attached hydrogens (primary N) is 1. The van der Waals surface area contributed by atoms with Crippen LogP contribution in [0.2, 0.25) is 0 Å². The van der Waals surface area contributed by atoms with E-state index in [1.807, 2.05) is 0 Å². The molecule has 9 nitrogen and oxygen atoms in total. The Labute approximate surface area is 124 Å². The van der Waals surface area contributed by atoms with Crippen molar-refractivity contribution >= 4 is 23.0 Å². The molecule has 2 fully saturated rings. The van der Waals surface area contributed by atoms with E-state index < -0.39 is 30.2 Å². The van der Waals surface area contributed by atoms with Gasteiger partial charge >= 0.3 is 6.16 Å². The van der Waals surface area contributed by atoms with Crippen molar-refractivity contribution in [2.45, 2.75) is 31.0 Å². The van der Waals surface area contributed by atoms with E-state index in [0.717, 1.165) is 0 Å². The first-order chi connectivity index (χ1) is 10.5. The SMILES string of the molecule is C[C@@]12OC(=O)O[C@@H]1[C@@H](CO)O[C@H]2n1ccc2c(N)ncnc21. The van der Waals surface area contributed by atoms with Gasteiger partial charge in [-0.05, 0) is 13.0 Å². The van der Waals surface area contributed by atoms with E-state index in [9.17, 15) is 9.90 Å².